The molecular weight excluding hydrogens is 254 g/mol. The second kappa shape index (κ2) is 6.50. The minimum atomic E-state index is -0.437. The molecule has 0 aromatic carbocycles. The molecule has 0 aromatic rings. The molecule has 0 spiro atoms. The van der Waals surface area contributed by atoms with Gasteiger partial charge in [-0.1, -0.05) is 18.2 Å². The predicted octanol–water partition coefficient (Wildman–Crippen LogP) is 1.67. The fourth-order valence-corrected chi connectivity index (χ4v) is 2.49. The van der Waals surface area contributed by atoms with E-state index in [0.29, 0.717) is 18.8 Å². The molecule has 0 bridgehead atoms. The number of hydrazone groups is 1. The third kappa shape index (κ3) is 3.79. The standard InChI is InChI=1S/C15H21N3O2/c1-10(2)12-5-3-11(4-6-12)9-16-18-15(20)13-7-8-14(19)17-13/h3,9,12-13H,1,4-8H2,2H3,(H,17,19)(H,18,20)/b16-9+/t12?,13-/m0/s1. The van der Waals surface area contributed by atoms with E-state index in [9.17, 15) is 9.59 Å². The van der Waals surface area contributed by atoms with E-state index < -0.39 is 6.04 Å². The van der Waals surface area contributed by atoms with Gasteiger partial charge in [-0.2, -0.15) is 5.10 Å². The summed E-state index contributed by atoms with van der Waals surface area (Å²) < 4.78 is 0. The Kier molecular flexibility index (Phi) is 4.71. The summed E-state index contributed by atoms with van der Waals surface area (Å²) in [5, 5.41) is 6.58. The van der Waals surface area contributed by atoms with Gasteiger partial charge in [0.2, 0.25) is 5.91 Å². The van der Waals surface area contributed by atoms with Gasteiger partial charge in [0.05, 0.1) is 6.21 Å². The lowest BCUT2D eigenvalue weighted by molar-refractivity contribution is -0.125. The van der Waals surface area contributed by atoms with E-state index in [1.54, 1.807) is 6.21 Å². The van der Waals surface area contributed by atoms with Crippen LogP contribution in [0.15, 0.2) is 28.9 Å². The molecule has 1 aliphatic carbocycles. The second-order valence-electron chi connectivity index (χ2n) is 5.49. The van der Waals surface area contributed by atoms with Gasteiger partial charge in [-0.25, -0.2) is 5.43 Å². The lowest BCUT2D eigenvalue weighted by Crippen LogP contribution is -2.39. The number of amides is 2. The van der Waals surface area contributed by atoms with E-state index in [1.165, 1.54) is 5.57 Å². The van der Waals surface area contributed by atoms with Gasteiger partial charge in [0.1, 0.15) is 6.04 Å². The van der Waals surface area contributed by atoms with Gasteiger partial charge in [-0.3, -0.25) is 9.59 Å². The molecular formula is C15H21N3O2. The van der Waals surface area contributed by atoms with Crippen LogP contribution in [-0.4, -0.2) is 24.1 Å². The monoisotopic (exact) mass is 275 g/mol. The third-order valence-corrected chi connectivity index (χ3v) is 3.86. The smallest absolute Gasteiger partial charge is 0.262 e. The molecule has 2 amide bonds. The number of allylic oxidation sites excluding steroid dienone is 3. The summed E-state index contributed by atoms with van der Waals surface area (Å²) in [6, 6.07) is -0.437. The molecule has 2 atom stereocenters. The maximum absolute atomic E-state index is 11.7. The highest BCUT2D eigenvalue weighted by Gasteiger charge is 2.26. The van der Waals surface area contributed by atoms with Crippen LogP contribution >= 0.6 is 0 Å². The van der Waals surface area contributed by atoms with Crippen molar-refractivity contribution in [3.8, 4) is 0 Å². The van der Waals surface area contributed by atoms with Crippen LogP contribution in [-0.2, 0) is 9.59 Å². The van der Waals surface area contributed by atoms with Gasteiger partial charge in [0, 0.05) is 6.42 Å². The van der Waals surface area contributed by atoms with Crippen LogP contribution in [0.1, 0.15) is 39.0 Å². The maximum atomic E-state index is 11.7. The van der Waals surface area contributed by atoms with E-state index in [1.807, 2.05) is 0 Å². The molecule has 0 saturated carbocycles. The van der Waals surface area contributed by atoms with E-state index in [0.717, 1.165) is 24.8 Å². The summed E-state index contributed by atoms with van der Waals surface area (Å²) >= 11 is 0. The summed E-state index contributed by atoms with van der Waals surface area (Å²) in [4.78, 5) is 22.7. The van der Waals surface area contributed by atoms with Crippen LogP contribution in [0, 0.1) is 5.92 Å². The van der Waals surface area contributed by atoms with Gasteiger partial charge in [0.15, 0.2) is 0 Å². The van der Waals surface area contributed by atoms with Crippen molar-refractivity contribution in [1.29, 1.82) is 0 Å². The summed E-state index contributed by atoms with van der Waals surface area (Å²) in [7, 11) is 0. The summed E-state index contributed by atoms with van der Waals surface area (Å²) in [5.74, 6) is 0.244. The Morgan fingerprint density at radius 1 is 1.50 bits per heavy atom. The van der Waals surface area contributed by atoms with Crippen molar-refractivity contribution in [1.82, 2.24) is 10.7 Å². The zero-order valence-corrected chi connectivity index (χ0v) is 11.8. The van der Waals surface area contributed by atoms with Gasteiger partial charge < -0.3 is 5.32 Å². The quantitative estimate of drug-likeness (QED) is 0.465. The van der Waals surface area contributed by atoms with E-state index in [2.05, 4.69) is 35.4 Å². The molecule has 1 saturated heterocycles. The first-order valence-corrected chi connectivity index (χ1v) is 7.03. The Hall–Kier alpha value is -1.91. The van der Waals surface area contributed by atoms with Crippen LogP contribution in [0.3, 0.4) is 0 Å². The summed E-state index contributed by atoms with van der Waals surface area (Å²) in [6.07, 6.45) is 7.83. The number of hydrogen-bond donors (Lipinski definition) is 2. The molecule has 20 heavy (non-hydrogen) atoms. The molecule has 2 N–H and O–H groups in total. The zero-order chi connectivity index (χ0) is 14.5. The Balaban J connectivity index is 1.78. The molecule has 5 heteroatoms. The first-order chi connectivity index (χ1) is 9.56. The van der Waals surface area contributed by atoms with Crippen molar-refractivity contribution in [2.45, 2.75) is 45.1 Å². The van der Waals surface area contributed by atoms with Crippen molar-refractivity contribution >= 4 is 18.0 Å². The van der Waals surface area contributed by atoms with Gasteiger partial charge in [0.25, 0.3) is 5.91 Å². The average Bonchev–Trinajstić information content (AvgIpc) is 2.86. The van der Waals surface area contributed by atoms with Crippen molar-refractivity contribution in [2.75, 3.05) is 0 Å². The average molecular weight is 275 g/mol. The van der Waals surface area contributed by atoms with E-state index in [4.69, 9.17) is 0 Å². The number of rotatable bonds is 4. The molecule has 5 nitrogen and oxygen atoms in total. The minimum Gasteiger partial charge on any atom is -0.344 e. The first kappa shape index (κ1) is 14.5. The lowest BCUT2D eigenvalue weighted by atomic mass is 9.86. The van der Waals surface area contributed by atoms with Crippen molar-refractivity contribution in [3.63, 3.8) is 0 Å². The fourth-order valence-electron chi connectivity index (χ4n) is 2.49. The van der Waals surface area contributed by atoms with Crippen LogP contribution in [0.25, 0.3) is 0 Å². The van der Waals surface area contributed by atoms with Gasteiger partial charge in [-0.05, 0) is 44.1 Å². The number of carbonyl (C=O) groups excluding carboxylic acids is 2. The SMILES string of the molecule is C=C(C)C1CC=C(/C=N/NC(=O)[C@@H]2CCC(=O)N2)CC1. The number of hydrogen-bond acceptors (Lipinski definition) is 3. The highest BCUT2D eigenvalue weighted by atomic mass is 16.2. The predicted molar refractivity (Wildman–Crippen MR) is 78.0 cm³/mol. The van der Waals surface area contributed by atoms with Crippen LogP contribution < -0.4 is 10.7 Å². The fraction of sp³-hybridized carbons (Fsp3) is 0.533. The molecule has 0 radical (unpaired) electrons. The highest BCUT2D eigenvalue weighted by Crippen LogP contribution is 2.27. The first-order valence-electron chi connectivity index (χ1n) is 7.03. The van der Waals surface area contributed by atoms with Gasteiger partial charge in [-0.15, -0.1) is 0 Å². The van der Waals surface area contributed by atoms with Crippen LogP contribution in [0.5, 0.6) is 0 Å². The zero-order valence-electron chi connectivity index (χ0n) is 11.8. The molecule has 1 aliphatic heterocycles. The summed E-state index contributed by atoms with van der Waals surface area (Å²) in [6.45, 7) is 6.05. The Morgan fingerprint density at radius 2 is 2.30 bits per heavy atom. The molecule has 108 valence electrons. The van der Waals surface area contributed by atoms with Gasteiger partial charge >= 0.3 is 0 Å². The number of nitrogens with one attached hydrogen (secondary N) is 2. The number of carbonyl (C=O) groups is 2. The Bertz CT molecular complexity index is 480. The highest BCUT2D eigenvalue weighted by molar-refractivity contribution is 5.91. The molecule has 1 unspecified atom stereocenters. The topological polar surface area (TPSA) is 70.6 Å². The van der Waals surface area contributed by atoms with Crippen molar-refractivity contribution < 1.29 is 9.59 Å². The minimum absolute atomic E-state index is 0.0741. The Morgan fingerprint density at radius 3 is 2.85 bits per heavy atom. The van der Waals surface area contributed by atoms with E-state index in [-0.39, 0.29) is 11.8 Å². The van der Waals surface area contributed by atoms with E-state index >= 15 is 0 Å². The third-order valence-electron chi connectivity index (χ3n) is 3.86. The largest absolute Gasteiger partial charge is 0.344 e. The molecule has 2 aliphatic rings. The molecule has 1 heterocycles. The molecule has 0 aromatic heterocycles. The normalized spacial score (nSPS) is 26.2. The van der Waals surface area contributed by atoms with Crippen molar-refractivity contribution in [3.05, 3.63) is 23.8 Å². The molecule has 2 rings (SSSR count). The van der Waals surface area contributed by atoms with Crippen molar-refractivity contribution in [2.24, 2.45) is 11.0 Å². The number of nitrogens with zero attached hydrogens (tertiary/aromatic N) is 1. The maximum Gasteiger partial charge on any atom is 0.262 e. The van der Waals surface area contributed by atoms with Crippen LogP contribution in [0.4, 0.5) is 0 Å². The summed E-state index contributed by atoms with van der Waals surface area (Å²) in [5.41, 5.74) is 4.85. The van der Waals surface area contributed by atoms with Crippen LogP contribution in [0.2, 0.25) is 0 Å². The molecule has 1 fully saturated rings. The lowest BCUT2D eigenvalue weighted by Gasteiger charge is -2.20. The Labute approximate surface area is 119 Å². The second-order valence-corrected chi connectivity index (χ2v) is 5.49.